The first-order chi connectivity index (χ1) is 15.9. The molecular formula is C25H26N2O5S. The minimum atomic E-state index is -4.04. The largest absolute Gasteiger partial charge is 0.486 e. The van der Waals surface area contributed by atoms with Crippen molar-refractivity contribution >= 4 is 21.6 Å². The highest BCUT2D eigenvalue weighted by molar-refractivity contribution is 7.92. The topological polar surface area (TPSA) is 84.9 Å². The SMILES string of the molecule is Cc1ccc(N(CC(=O)NCCc2ccccc2)S(=O)(=O)c2ccc3c(c2)OCCO3)cc1. The van der Waals surface area contributed by atoms with Gasteiger partial charge in [-0.2, -0.15) is 0 Å². The van der Waals surface area contributed by atoms with Gasteiger partial charge in [-0.3, -0.25) is 9.10 Å². The van der Waals surface area contributed by atoms with Gasteiger partial charge in [0.1, 0.15) is 19.8 Å². The van der Waals surface area contributed by atoms with Gasteiger partial charge in [-0.05, 0) is 43.2 Å². The third-order valence-corrected chi connectivity index (χ3v) is 7.06. The maximum Gasteiger partial charge on any atom is 0.264 e. The van der Waals surface area contributed by atoms with Gasteiger partial charge in [0.25, 0.3) is 10.0 Å². The first-order valence-electron chi connectivity index (χ1n) is 10.7. The molecule has 0 bridgehead atoms. The second-order valence-electron chi connectivity index (χ2n) is 7.74. The molecule has 8 heteroatoms. The highest BCUT2D eigenvalue weighted by atomic mass is 32.2. The molecule has 33 heavy (non-hydrogen) atoms. The monoisotopic (exact) mass is 466 g/mol. The number of carbonyl (C=O) groups excluding carboxylic acids is 1. The molecule has 1 aliphatic rings. The van der Waals surface area contributed by atoms with Crippen LogP contribution >= 0.6 is 0 Å². The molecule has 1 heterocycles. The minimum absolute atomic E-state index is 0.0319. The molecule has 0 saturated carbocycles. The molecule has 3 aromatic rings. The average molecular weight is 467 g/mol. The van der Waals surface area contributed by atoms with Crippen molar-refractivity contribution in [2.24, 2.45) is 0 Å². The van der Waals surface area contributed by atoms with Crippen LogP contribution in [0.3, 0.4) is 0 Å². The van der Waals surface area contributed by atoms with E-state index in [1.165, 1.54) is 12.1 Å². The maximum atomic E-state index is 13.6. The minimum Gasteiger partial charge on any atom is -0.486 e. The van der Waals surface area contributed by atoms with E-state index in [2.05, 4.69) is 5.32 Å². The summed E-state index contributed by atoms with van der Waals surface area (Å²) >= 11 is 0. The Morgan fingerprint density at radius 1 is 0.939 bits per heavy atom. The van der Waals surface area contributed by atoms with Crippen molar-refractivity contribution in [1.82, 2.24) is 5.32 Å². The number of hydrogen-bond donors (Lipinski definition) is 1. The fraction of sp³-hybridized carbons (Fsp3) is 0.240. The summed E-state index contributed by atoms with van der Waals surface area (Å²) < 4.78 is 39.3. The Morgan fingerprint density at radius 3 is 2.36 bits per heavy atom. The summed E-state index contributed by atoms with van der Waals surface area (Å²) in [5.74, 6) is 0.492. The fourth-order valence-corrected chi connectivity index (χ4v) is 4.95. The lowest BCUT2D eigenvalue weighted by atomic mass is 10.1. The number of sulfonamides is 1. The highest BCUT2D eigenvalue weighted by Crippen LogP contribution is 2.34. The van der Waals surface area contributed by atoms with Crippen LogP contribution in [0.4, 0.5) is 5.69 Å². The molecule has 0 unspecified atom stereocenters. The number of hydrogen-bond acceptors (Lipinski definition) is 5. The number of ether oxygens (including phenoxy) is 2. The number of anilines is 1. The van der Waals surface area contributed by atoms with Gasteiger partial charge in [0.2, 0.25) is 5.91 Å². The lowest BCUT2D eigenvalue weighted by Gasteiger charge is -2.25. The second-order valence-corrected chi connectivity index (χ2v) is 9.60. The molecule has 0 aliphatic carbocycles. The number of fused-ring (bicyclic) bond motifs is 1. The zero-order chi connectivity index (χ0) is 23.3. The Labute approximate surface area is 194 Å². The number of rotatable bonds is 8. The van der Waals surface area contributed by atoms with E-state index in [9.17, 15) is 13.2 Å². The van der Waals surface area contributed by atoms with E-state index in [0.29, 0.717) is 43.4 Å². The molecule has 0 radical (unpaired) electrons. The molecule has 0 fully saturated rings. The van der Waals surface area contributed by atoms with Crippen LogP contribution in [-0.4, -0.2) is 40.6 Å². The smallest absolute Gasteiger partial charge is 0.264 e. The third-order valence-electron chi connectivity index (χ3n) is 5.29. The third kappa shape index (κ3) is 5.46. The number of nitrogens with one attached hydrogen (secondary N) is 1. The Morgan fingerprint density at radius 2 is 1.64 bits per heavy atom. The first kappa shape index (κ1) is 22.7. The summed E-state index contributed by atoms with van der Waals surface area (Å²) in [5.41, 5.74) is 2.49. The summed E-state index contributed by atoms with van der Waals surface area (Å²) in [5, 5.41) is 2.83. The molecule has 0 aromatic heterocycles. The lowest BCUT2D eigenvalue weighted by molar-refractivity contribution is -0.119. The van der Waals surface area contributed by atoms with Crippen molar-refractivity contribution < 1.29 is 22.7 Å². The zero-order valence-electron chi connectivity index (χ0n) is 18.4. The molecule has 7 nitrogen and oxygen atoms in total. The van der Waals surface area contributed by atoms with Gasteiger partial charge in [-0.25, -0.2) is 8.42 Å². The molecule has 0 saturated heterocycles. The Hall–Kier alpha value is -3.52. The lowest BCUT2D eigenvalue weighted by Crippen LogP contribution is -2.41. The number of nitrogens with zero attached hydrogens (tertiary/aromatic N) is 1. The Bertz CT molecular complexity index is 1210. The Kier molecular flexibility index (Phi) is 6.84. The van der Waals surface area contributed by atoms with Gasteiger partial charge in [-0.1, -0.05) is 48.0 Å². The number of aryl methyl sites for hydroxylation is 1. The van der Waals surface area contributed by atoms with Crippen LogP contribution in [-0.2, 0) is 21.2 Å². The van der Waals surface area contributed by atoms with E-state index in [-0.39, 0.29) is 17.3 Å². The zero-order valence-corrected chi connectivity index (χ0v) is 19.2. The van der Waals surface area contributed by atoms with E-state index < -0.39 is 10.0 Å². The predicted molar refractivity (Wildman–Crippen MR) is 126 cm³/mol. The van der Waals surface area contributed by atoms with Crippen molar-refractivity contribution in [3.05, 3.63) is 83.9 Å². The number of carbonyl (C=O) groups is 1. The van der Waals surface area contributed by atoms with Crippen LogP contribution in [0.15, 0.2) is 77.7 Å². The van der Waals surface area contributed by atoms with Crippen LogP contribution in [0.25, 0.3) is 0 Å². The molecule has 4 rings (SSSR count). The maximum absolute atomic E-state index is 13.6. The second kappa shape index (κ2) is 9.95. The van der Waals surface area contributed by atoms with Crippen molar-refractivity contribution in [2.45, 2.75) is 18.2 Å². The molecule has 0 spiro atoms. The van der Waals surface area contributed by atoms with Gasteiger partial charge in [0.15, 0.2) is 11.5 Å². The molecule has 0 atom stereocenters. The molecule has 1 aliphatic heterocycles. The van der Waals surface area contributed by atoms with Crippen molar-refractivity contribution in [2.75, 3.05) is 30.6 Å². The number of benzene rings is 3. The normalized spacial score (nSPS) is 12.8. The van der Waals surface area contributed by atoms with Crippen molar-refractivity contribution in [1.29, 1.82) is 0 Å². The molecular weight excluding hydrogens is 440 g/mol. The van der Waals surface area contributed by atoms with Gasteiger partial charge in [-0.15, -0.1) is 0 Å². The van der Waals surface area contributed by atoms with Crippen LogP contribution < -0.4 is 19.1 Å². The summed E-state index contributed by atoms with van der Waals surface area (Å²) in [4.78, 5) is 12.8. The molecule has 3 aromatic carbocycles. The first-order valence-corrected chi connectivity index (χ1v) is 12.2. The quantitative estimate of drug-likeness (QED) is 0.551. The Balaban J connectivity index is 1.55. The summed E-state index contributed by atoms with van der Waals surface area (Å²) in [6.07, 6.45) is 0.659. The molecule has 1 N–H and O–H groups in total. The standard InChI is InChI=1S/C25H26N2O5S/c1-19-7-9-21(10-8-19)27(18-25(28)26-14-13-20-5-3-2-4-6-20)33(29,30)22-11-12-23-24(17-22)32-16-15-31-23/h2-12,17H,13-16,18H2,1H3,(H,26,28). The number of amides is 1. The van der Waals surface area contributed by atoms with Crippen LogP contribution in [0, 0.1) is 6.92 Å². The van der Waals surface area contributed by atoms with E-state index >= 15 is 0 Å². The van der Waals surface area contributed by atoms with Gasteiger partial charge < -0.3 is 14.8 Å². The molecule has 1 amide bonds. The average Bonchev–Trinajstić information content (AvgIpc) is 2.83. The van der Waals surface area contributed by atoms with E-state index in [1.54, 1.807) is 18.2 Å². The summed E-state index contributed by atoms with van der Waals surface area (Å²) in [6.45, 7) is 2.75. The van der Waals surface area contributed by atoms with Crippen molar-refractivity contribution in [3.8, 4) is 11.5 Å². The van der Waals surface area contributed by atoms with Crippen LogP contribution in [0.1, 0.15) is 11.1 Å². The van der Waals surface area contributed by atoms with E-state index in [0.717, 1.165) is 15.4 Å². The summed E-state index contributed by atoms with van der Waals surface area (Å²) in [6, 6.07) is 21.3. The fourth-order valence-electron chi connectivity index (χ4n) is 3.51. The van der Waals surface area contributed by atoms with Crippen LogP contribution in [0.5, 0.6) is 11.5 Å². The van der Waals surface area contributed by atoms with Gasteiger partial charge in [0.05, 0.1) is 10.6 Å². The van der Waals surface area contributed by atoms with E-state index in [1.807, 2.05) is 49.4 Å². The van der Waals surface area contributed by atoms with E-state index in [4.69, 9.17) is 9.47 Å². The van der Waals surface area contributed by atoms with Gasteiger partial charge >= 0.3 is 0 Å². The van der Waals surface area contributed by atoms with Gasteiger partial charge in [0, 0.05) is 12.6 Å². The predicted octanol–water partition coefficient (Wildman–Crippen LogP) is 3.32. The molecule has 172 valence electrons. The van der Waals surface area contributed by atoms with Crippen molar-refractivity contribution in [3.63, 3.8) is 0 Å². The summed E-state index contributed by atoms with van der Waals surface area (Å²) in [7, 11) is -4.04. The van der Waals surface area contributed by atoms with Crippen LogP contribution in [0.2, 0.25) is 0 Å². The highest BCUT2D eigenvalue weighted by Gasteiger charge is 2.28.